The Hall–Kier alpha value is -1.06. The van der Waals surface area contributed by atoms with Crippen molar-refractivity contribution in [3.05, 3.63) is 24.3 Å². The third-order valence-electron chi connectivity index (χ3n) is 2.55. The average Bonchev–Trinajstić information content (AvgIpc) is 2.30. The molecule has 3 nitrogen and oxygen atoms in total. The molecule has 14 heavy (non-hydrogen) atoms. The number of benzene rings is 1. The van der Waals surface area contributed by atoms with E-state index in [0.717, 1.165) is 31.9 Å². The van der Waals surface area contributed by atoms with Crippen LogP contribution < -0.4 is 15.0 Å². The minimum Gasteiger partial charge on any atom is -0.497 e. The van der Waals surface area contributed by atoms with Crippen molar-refractivity contribution in [2.45, 2.75) is 0 Å². The van der Waals surface area contributed by atoms with Crippen LogP contribution in [0.1, 0.15) is 0 Å². The summed E-state index contributed by atoms with van der Waals surface area (Å²) in [6, 6.07) is 8.25. The third kappa shape index (κ3) is 2.05. The quantitative estimate of drug-likeness (QED) is 0.710. The zero-order valence-electron chi connectivity index (χ0n) is 8.49. The fourth-order valence-electron chi connectivity index (χ4n) is 1.72. The van der Waals surface area contributed by atoms with Crippen molar-refractivity contribution in [3.8, 4) is 5.75 Å². The largest absolute Gasteiger partial charge is 0.497 e. The molecule has 1 aliphatic rings. The number of anilines is 1. The van der Waals surface area contributed by atoms with E-state index in [9.17, 15) is 0 Å². The Morgan fingerprint density at radius 3 is 2.36 bits per heavy atom. The number of piperazine rings is 1. The van der Waals surface area contributed by atoms with E-state index in [4.69, 9.17) is 4.74 Å². The molecule has 1 saturated heterocycles. The van der Waals surface area contributed by atoms with Crippen molar-refractivity contribution in [3.63, 3.8) is 0 Å². The highest BCUT2D eigenvalue weighted by Gasteiger charge is 2.20. The van der Waals surface area contributed by atoms with E-state index in [1.165, 1.54) is 5.69 Å². The summed E-state index contributed by atoms with van der Waals surface area (Å²) in [7, 11) is 1.69. The molecule has 0 unspecified atom stereocenters. The Bertz CT molecular complexity index is 278. The van der Waals surface area contributed by atoms with Crippen LogP contribution in [-0.2, 0) is 0 Å². The number of hydrogen-bond acceptors (Lipinski definition) is 3. The second kappa shape index (κ2) is 4.44. The SMILES string of the molecule is COc1ccc([N+]2CCNCC2)cc1. The first-order chi connectivity index (χ1) is 6.90. The molecule has 1 aromatic rings. The molecule has 1 radical (unpaired) electrons. The molecule has 1 aromatic carbocycles. The van der Waals surface area contributed by atoms with Gasteiger partial charge in [-0.3, -0.25) is 0 Å². The van der Waals surface area contributed by atoms with E-state index in [0.29, 0.717) is 0 Å². The second-order valence-corrected chi connectivity index (χ2v) is 3.44. The minimum atomic E-state index is 0.920. The van der Waals surface area contributed by atoms with Gasteiger partial charge in [-0.25, -0.2) is 0 Å². The Morgan fingerprint density at radius 2 is 1.79 bits per heavy atom. The lowest BCUT2D eigenvalue weighted by Crippen LogP contribution is -2.44. The van der Waals surface area contributed by atoms with Crippen molar-refractivity contribution in [1.29, 1.82) is 0 Å². The minimum absolute atomic E-state index is 0.920. The first kappa shape index (κ1) is 9.49. The monoisotopic (exact) mass is 192 g/mol. The highest BCUT2D eigenvalue weighted by molar-refractivity contribution is 5.42. The van der Waals surface area contributed by atoms with Crippen molar-refractivity contribution in [1.82, 2.24) is 10.2 Å². The Morgan fingerprint density at radius 1 is 1.14 bits per heavy atom. The van der Waals surface area contributed by atoms with Gasteiger partial charge >= 0.3 is 0 Å². The van der Waals surface area contributed by atoms with E-state index < -0.39 is 0 Å². The molecule has 3 heteroatoms. The molecule has 0 bridgehead atoms. The van der Waals surface area contributed by atoms with E-state index in [-0.39, 0.29) is 0 Å². The van der Waals surface area contributed by atoms with Crippen LogP contribution in [0.2, 0.25) is 0 Å². The summed E-state index contributed by atoms with van der Waals surface area (Å²) in [6.45, 7) is 4.33. The molecule has 0 atom stereocenters. The molecule has 0 aliphatic carbocycles. The highest BCUT2D eigenvalue weighted by Crippen LogP contribution is 2.18. The molecule has 0 saturated carbocycles. The lowest BCUT2D eigenvalue weighted by Gasteiger charge is -2.17. The average molecular weight is 192 g/mol. The summed E-state index contributed by atoms with van der Waals surface area (Å²) in [5, 5.41) is 3.34. The van der Waals surface area contributed by atoms with Crippen LogP contribution in [0, 0.1) is 0 Å². The predicted octanol–water partition coefficient (Wildman–Crippen LogP) is 1.07. The van der Waals surface area contributed by atoms with Crippen molar-refractivity contribution < 1.29 is 4.74 Å². The van der Waals surface area contributed by atoms with Gasteiger partial charge in [-0.15, -0.1) is 4.90 Å². The predicted molar refractivity (Wildman–Crippen MR) is 57.4 cm³/mol. The van der Waals surface area contributed by atoms with Gasteiger partial charge in [-0.1, -0.05) is 0 Å². The molecule has 0 spiro atoms. The molecule has 1 heterocycles. The maximum absolute atomic E-state index is 5.13. The van der Waals surface area contributed by atoms with Gasteiger partial charge in [0.2, 0.25) is 0 Å². The van der Waals surface area contributed by atoms with Crippen LogP contribution in [0.5, 0.6) is 5.75 Å². The van der Waals surface area contributed by atoms with Gasteiger partial charge in [0, 0.05) is 12.1 Å². The smallest absolute Gasteiger partial charge is 0.181 e. The summed E-state index contributed by atoms with van der Waals surface area (Å²) >= 11 is 0. The Balaban J connectivity index is 2.07. The zero-order valence-corrected chi connectivity index (χ0v) is 8.49. The van der Waals surface area contributed by atoms with Gasteiger partial charge < -0.3 is 10.1 Å². The number of methoxy groups -OCH3 is 1. The first-order valence-corrected chi connectivity index (χ1v) is 5.00. The molecular weight excluding hydrogens is 176 g/mol. The van der Waals surface area contributed by atoms with Crippen LogP contribution in [0.4, 0.5) is 5.69 Å². The fourth-order valence-corrected chi connectivity index (χ4v) is 1.72. The number of nitrogens with zero attached hydrogens (tertiary/aromatic N) is 1. The number of nitrogens with one attached hydrogen (secondary N) is 1. The van der Waals surface area contributed by atoms with Gasteiger partial charge in [0.15, 0.2) is 5.69 Å². The molecule has 2 rings (SSSR count). The summed E-state index contributed by atoms with van der Waals surface area (Å²) < 4.78 is 5.13. The van der Waals surface area contributed by atoms with E-state index in [1.807, 2.05) is 12.1 Å². The molecular formula is C11H16N2O+. The van der Waals surface area contributed by atoms with Crippen LogP contribution in [-0.4, -0.2) is 33.3 Å². The van der Waals surface area contributed by atoms with Crippen LogP contribution in [0.25, 0.3) is 0 Å². The van der Waals surface area contributed by atoms with Crippen molar-refractivity contribution >= 4 is 5.69 Å². The van der Waals surface area contributed by atoms with Gasteiger partial charge in [0.05, 0.1) is 20.2 Å². The maximum atomic E-state index is 5.13. The van der Waals surface area contributed by atoms with Crippen LogP contribution in [0.15, 0.2) is 24.3 Å². The normalized spacial score (nSPS) is 18.1. The van der Waals surface area contributed by atoms with Gasteiger partial charge in [0.25, 0.3) is 0 Å². The topological polar surface area (TPSA) is 27.2 Å². The lowest BCUT2D eigenvalue weighted by molar-refractivity contribution is 0.413. The van der Waals surface area contributed by atoms with Crippen LogP contribution in [0.3, 0.4) is 0 Å². The molecule has 75 valence electrons. The first-order valence-electron chi connectivity index (χ1n) is 5.00. The highest BCUT2D eigenvalue weighted by atomic mass is 16.5. The Kier molecular flexibility index (Phi) is 3.01. The van der Waals surface area contributed by atoms with E-state index in [1.54, 1.807) is 7.11 Å². The molecule has 1 aliphatic heterocycles. The summed E-state index contributed by atoms with van der Waals surface area (Å²) in [5.41, 5.74) is 1.28. The standard InChI is InChI=1S/C11H16N2O/c1-14-11-4-2-10(3-5-11)13-8-6-12-7-9-13/h2-5,12H,6-9H2,1H3/q+1. The molecule has 1 N–H and O–H groups in total. The molecule has 0 aromatic heterocycles. The third-order valence-corrected chi connectivity index (χ3v) is 2.55. The molecule has 1 fully saturated rings. The van der Waals surface area contributed by atoms with Gasteiger partial charge in [-0.2, -0.15) is 0 Å². The number of ether oxygens (including phenoxy) is 1. The summed E-state index contributed by atoms with van der Waals surface area (Å²) in [5.74, 6) is 0.920. The maximum Gasteiger partial charge on any atom is 0.181 e. The fraction of sp³-hybridized carbons (Fsp3) is 0.455. The lowest BCUT2D eigenvalue weighted by atomic mass is 10.2. The number of hydrogen-bond donors (Lipinski definition) is 1. The van der Waals surface area contributed by atoms with Crippen LogP contribution >= 0.6 is 0 Å². The zero-order chi connectivity index (χ0) is 9.80. The number of rotatable bonds is 2. The van der Waals surface area contributed by atoms with E-state index in [2.05, 4.69) is 22.3 Å². The second-order valence-electron chi connectivity index (χ2n) is 3.44. The Labute approximate surface area is 84.7 Å². The van der Waals surface area contributed by atoms with Gasteiger partial charge in [-0.05, 0) is 12.1 Å². The summed E-state index contributed by atoms with van der Waals surface area (Å²) in [6.07, 6.45) is 0. The van der Waals surface area contributed by atoms with Crippen molar-refractivity contribution in [2.75, 3.05) is 33.3 Å². The summed E-state index contributed by atoms with van der Waals surface area (Å²) in [4.78, 5) is 2.38. The van der Waals surface area contributed by atoms with Crippen molar-refractivity contribution in [2.24, 2.45) is 0 Å². The van der Waals surface area contributed by atoms with Gasteiger partial charge in [0.1, 0.15) is 18.8 Å². The molecule has 0 amide bonds. The van der Waals surface area contributed by atoms with E-state index >= 15 is 0 Å².